The van der Waals surface area contributed by atoms with Crippen molar-refractivity contribution < 1.29 is 0 Å². The standard InChI is InChI=1S/C14H25N/c1-5-7-10-13(15-6-2)12-9-8-11-14(12,3)4/h1,12-13,15H,6-11H2,2-4H3. The van der Waals surface area contributed by atoms with E-state index < -0.39 is 0 Å². The maximum Gasteiger partial charge on any atom is 0.0109 e. The Hall–Kier alpha value is -0.480. The lowest BCUT2D eigenvalue weighted by Gasteiger charge is -2.34. The van der Waals surface area contributed by atoms with Crippen molar-refractivity contribution in [3.63, 3.8) is 0 Å². The van der Waals surface area contributed by atoms with E-state index in [9.17, 15) is 0 Å². The van der Waals surface area contributed by atoms with Crippen molar-refractivity contribution in [1.82, 2.24) is 5.32 Å². The van der Waals surface area contributed by atoms with Crippen LogP contribution < -0.4 is 5.32 Å². The molecule has 1 rings (SSSR count). The summed E-state index contributed by atoms with van der Waals surface area (Å²) in [5.74, 6) is 3.58. The van der Waals surface area contributed by atoms with Crippen LogP contribution in [0.2, 0.25) is 0 Å². The minimum absolute atomic E-state index is 0.501. The second-order valence-corrected chi connectivity index (χ2v) is 5.39. The Morgan fingerprint density at radius 3 is 2.73 bits per heavy atom. The first-order valence-corrected chi connectivity index (χ1v) is 6.28. The van der Waals surface area contributed by atoms with Crippen LogP contribution in [-0.4, -0.2) is 12.6 Å². The van der Waals surface area contributed by atoms with Gasteiger partial charge in [-0.1, -0.05) is 27.2 Å². The second kappa shape index (κ2) is 5.56. The van der Waals surface area contributed by atoms with Crippen LogP contribution in [0.5, 0.6) is 0 Å². The summed E-state index contributed by atoms with van der Waals surface area (Å²) in [4.78, 5) is 0. The van der Waals surface area contributed by atoms with Crippen LogP contribution in [0.15, 0.2) is 0 Å². The largest absolute Gasteiger partial charge is 0.314 e. The van der Waals surface area contributed by atoms with Crippen molar-refractivity contribution in [2.24, 2.45) is 11.3 Å². The molecular weight excluding hydrogens is 182 g/mol. The molecule has 1 aliphatic rings. The first-order chi connectivity index (χ1) is 7.11. The number of hydrogen-bond acceptors (Lipinski definition) is 1. The lowest BCUT2D eigenvalue weighted by atomic mass is 9.76. The van der Waals surface area contributed by atoms with Crippen LogP contribution in [-0.2, 0) is 0 Å². The molecular formula is C14H25N. The minimum atomic E-state index is 0.501. The lowest BCUT2D eigenvalue weighted by Crippen LogP contribution is -2.40. The van der Waals surface area contributed by atoms with Crippen LogP contribution in [0, 0.1) is 23.7 Å². The van der Waals surface area contributed by atoms with Gasteiger partial charge in [0.15, 0.2) is 0 Å². The highest BCUT2D eigenvalue weighted by Gasteiger charge is 2.38. The third-order valence-corrected chi connectivity index (χ3v) is 3.89. The first-order valence-electron chi connectivity index (χ1n) is 6.28. The average molecular weight is 207 g/mol. The van der Waals surface area contributed by atoms with Gasteiger partial charge in [0, 0.05) is 12.5 Å². The van der Waals surface area contributed by atoms with Crippen LogP contribution in [0.4, 0.5) is 0 Å². The Bertz CT molecular complexity index is 224. The zero-order valence-corrected chi connectivity index (χ0v) is 10.5. The fraction of sp³-hybridized carbons (Fsp3) is 0.857. The monoisotopic (exact) mass is 207 g/mol. The molecule has 1 aliphatic carbocycles. The number of hydrogen-bond donors (Lipinski definition) is 1. The fourth-order valence-electron chi connectivity index (χ4n) is 3.05. The molecule has 1 heteroatoms. The highest BCUT2D eigenvalue weighted by molar-refractivity contribution is 4.94. The predicted molar refractivity (Wildman–Crippen MR) is 66.7 cm³/mol. The molecule has 1 fully saturated rings. The molecule has 0 aliphatic heterocycles. The van der Waals surface area contributed by atoms with Gasteiger partial charge >= 0.3 is 0 Å². The van der Waals surface area contributed by atoms with Crippen molar-refractivity contribution in [3.8, 4) is 12.3 Å². The zero-order valence-electron chi connectivity index (χ0n) is 10.5. The third kappa shape index (κ3) is 3.24. The lowest BCUT2D eigenvalue weighted by molar-refractivity contribution is 0.192. The zero-order chi connectivity index (χ0) is 11.3. The molecule has 15 heavy (non-hydrogen) atoms. The minimum Gasteiger partial charge on any atom is -0.314 e. The van der Waals surface area contributed by atoms with E-state index in [2.05, 4.69) is 32.0 Å². The van der Waals surface area contributed by atoms with Gasteiger partial charge in [-0.15, -0.1) is 12.3 Å². The maximum atomic E-state index is 5.36. The van der Waals surface area contributed by atoms with E-state index in [1.165, 1.54) is 19.3 Å². The molecule has 1 N–H and O–H groups in total. The van der Waals surface area contributed by atoms with Crippen molar-refractivity contribution in [3.05, 3.63) is 0 Å². The summed E-state index contributed by atoms with van der Waals surface area (Å²) >= 11 is 0. The Balaban J connectivity index is 2.58. The molecule has 2 atom stereocenters. The molecule has 0 bridgehead atoms. The van der Waals surface area contributed by atoms with Gasteiger partial charge in [-0.25, -0.2) is 0 Å². The molecule has 0 radical (unpaired) electrons. The normalized spacial score (nSPS) is 26.1. The van der Waals surface area contributed by atoms with Crippen molar-refractivity contribution in [2.45, 2.75) is 58.9 Å². The molecule has 1 nitrogen and oxygen atoms in total. The van der Waals surface area contributed by atoms with Crippen molar-refractivity contribution in [2.75, 3.05) is 6.54 Å². The van der Waals surface area contributed by atoms with Gasteiger partial charge in [0.1, 0.15) is 0 Å². The Morgan fingerprint density at radius 1 is 1.53 bits per heavy atom. The number of nitrogens with one attached hydrogen (secondary N) is 1. The molecule has 0 aromatic rings. The van der Waals surface area contributed by atoms with Gasteiger partial charge in [-0.05, 0) is 37.1 Å². The summed E-state index contributed by atoms with van der Waals surface area (Å²) in [5.41, 5.74) is 0.501. The molecule has 86 valence electrons. The van der Waals surface area contributed by atoms with Crippen LogP contribution >= 0.6 is 0 Å². The van der Waals surface area contributed by atoms with Crippen LogP contribution in [0.3, 0.4) is 0 Å². The van der Waals surface area contributed by atoms with Gasteiger partial charge in [0.05, 0.1) is 0 Å². The summed E-state index contributed by atoms with van der Waals surface area (Å²) in [7, 11) is 0. The molecule has 0 heterocycles. The molecule has 0 amide bonds. The first kappa shape index (κ1) is 12.6. The Labute approximate surface area is 95.0 Å². The summed E-state index contributed by atoms with van der Waals surface area (Å²) < 4.78 is 0. The van der Waals surface area contributed by atoms with Gasteiger partial charge in [-0.2, -0.15) is 0 Å². The van der Waals surface area contributed by atoms with E-state index in [0.29, 0.717) is 11.5 Å². The molecule has 2 unspecified atom stereocenters. The van der Waals surface area contributed by atoms with E-state index in [1.54, 1.807) is 0 Å². The summed E-state index contributed by atoms with van der Waals surface area (Å²) in [6.45, 7) is 8.06. The van der Waals surface area contributed by atoms with Crippen molar-refractivity contribution in [1.29, 1.82) is 0 Å². The van der Waals surface area contributed by atoms with E-state index in [0.717, 1.165) is 25.3 Å². The van der Waals surface area contributed by atoms with Crippen LogP contribution in [0.1, 0.15) is 52.9 Å². The molecule has 1 saturated carbocycles. The Kier molecular flexibility index (Phi) is 4.67. The molecule has 0 aromatic carbocycles. The van der Waals surface area contributed by atoms with E-state index in [-0.39, 0.29) is 0 Å². The predicted octanol–water partition coefficient (Wildman–Crippen LogP) is 3.20. The van der Waals surface area contributed by atoms with E-state index >= 15 is 0 Å². The summed E-state index contributed by atoms with van der Waals surface area (Å²) in [5, 5.41) is 3.62. The Morgan fingerprint density at radius 2 is 2.27 bits per heavy atom. The van der Waals surface area contributed by atoms with Gasteiger partial charge < -0.3 is 5.32 Å². The van der Waals surface area contributed by atoms with E-state index in [1.807, 2.05) is 0 Å². The molecule has 0 saturated heterocycles. The van der Waals surface area contributed by atoms with Gasteiger partial charge in [0.2, 0.25) is 0 Å². The molecule has 0 spiro atoms. The van der Waals surface area contributed by atoms with E-state index in [4.69, 9.17) is 6.42 Å². The highest BCUT2D eigenvalue weighted by Crippen LogP contribution is 2.45. The fourth-order valence-corrected chi connectivity index (χ4v) is 3.05. The quantitative estimate of drug-likeness (QED) is 0.683. The second-order valence-electron chi connectivity index (χ2n) is 5.39. The summed E-state index contributed by atoms with van der Waals surface area (Å²) in [6.07, 6.45) is 11.5. The third-order valence-electron chi connectivity index (χ3n) is 3.89. The summed E-state index contributed by atoms with van der Waals surface area (Å²) in [6, 6.07) is 0.628. The number of terminal acetylenes is 1. The topological polar surface area (TPSA) is 12.0 Å². The SMILES string of the molecule is C#CCCC(NCC)C1CCCC1(C)C. The van der Waals surface area contributed by atoms with Crippen molar-refractivity contribution >= 4 is 0 Å². The smallest absolute Gasteiger partial charge is 0.0109 e. The maximum absolute atomic E-state index is 5.36. The van der Waals surface area contributed by atoms with Gasteiger partial charge in [-0.3, -0.25) is 0 Å². The van der Waals surface area contributed by atoms with Gasteiger partial charge in [0.25, 0.3) is 0 Å². The van der Waals surface area contributed by atoms with Crippen LogP contribution in [0.25, 0.3) is 0 Å². The average Bonchev–Trinajstić information content (AvgIpc) is 2.53. The highest BCUT2D eigenvalue weighted by atomic mass is 14.9. The number of rotatable bonds is 5. The molecule has 0 aromatic heterocycles.